The highest BCUT2D eigenvalue weighted by molar-refractivity contribution is 5.06. The van der Waals surface area contributed by atoms with E-state index in [9.17, 15) is 0 Å². The van der Waals surface area contributed by atoms with E-state index >= 15 is 0 Å². The molecule has 0 aromatic heterocycles. The van der Waals surface area contributed by atoms with Crippen molar-refractivity contribution in [3.8, 4) is 0 Å². The van der Waals surface area contributed by atoms with Gasteiger partial charge in [-0.05, 0) is 44.9 Å². The van der Waals surface area contributed by atoms with E-state index in [1.165, 1.54) is 6.42 Å². The minimum Gasteiger partial charge on any atom is -0.402 e. The van der Waals surface area contributed by atoms with Crippen LogP contribution in [-0.4, -0.2) is 5.54 Å². The average molecular weight is 194 g/mol. The fourth-order valence-corrected chi connectivity index (χ4v) is 2.00. The van der Waals surface area contributed by atoms with Crippen molar-refractivity contribution in [3.63, 3.8) is 0 Å². The monoisotopic (exact) mass is 194 g/mol. The molecule has 0 aliphatic heterocycles. The molecule has 80 valence electrons. The predicted octanol–water partition coefficient (Wildman–Crippen LogP) is 2.17. The van der Waals surface area contributed by atoms with E-state index in [2.05, 4.69) is 32.6 Å². The quantitative estimate of drug-likeness (QED) is 0.676. The van der Waals surface area contributed by atoms with Gasteiger partial charge in [-0.1, -0.05) is 18.7 Å². The first-order chi connectivity index (χ1) is 6.39. The second-order valence-electron chi connectivity index (χ2n) is 5.01. The first-order valence-electron chi connectivity index (χ1n) is 5.30. The van der Waals surface area contributed by atoms with Crippen molar-refractivity contribution in [1.29, 1.82) is 0 Å². The average Bonchev–Trinajstić information content (AvgIpc) is 2.02. The summed E-state index contributed by atoms with van der Waals surface area (Å²) in [7, 11) is 0. The van der Waals surface area contributed by atoms with Gasteiger partial charge in [0.15, 0.2) is 0 Å². The molecule has 1 unspecified atom stereocenters. The minimum absolute atomic E-state index is 0.0960. The highest BCUT2D eigenvalue weighted by atomic mass is 14.7. The molecule has 2 nitrogen and oxygen atoms in total. The van der Waals surface area contributed by atoms with Crippen LogP contribution in [0.15, 0.2) is 24.4 Å². The molecule has 2 heteroatoms. The summed E-state index contributed by atoms with van der Waals surface area (Å²) < 4.78 is 0. The summed E-state index contributed by atoms with van der Waals surface area (Å²) in [6, 6.07) is 0. The molecule has 0 saturated heterocycles. The van der Waals surface area contributed by atoms with Crippen molar-refractivity contribution < 1.29 is 0 Å². The zero-order chi connectivity index (χ0) is 10.8. The van der Waals surface area contributed by atoms with Crippen molar-refractivity contribution in [3.05, 3.63) is 24.4 Å². The molecule has 1 aliphatic carbocycles. The van der Waals surface area contributed by atoms with Gasteiger partial charge in [0.1, 0.15) is 0 Å². The summed E-state index contributed by atoms with van der Waals surface area (Å²) >= 11 is 0. The second kappa shape index (κ2) is 4.18. The summed E-state index contributed by atoms with van der Waals surface area (Å²) in [5, 5.41) is 0. The summed E-state index contributed by atoms with van der Waals surface area (Å²) in [6.45, 7) is 7.91. The van der Waals surface area contributed by atoms with E-state index in [1.807, 2.05) is 0 Å². The summed E-state index contributed by atoms with van der Waals surface area (Å²) in [5.41, 5.74) is 12.3. The van der Waals surface area contributed by atoms with Crippen molar-refractivity contribution in [2.45, 2.75) is 38.6 Å². The fraction of sp³-hybridized carbons (Fsp3) is 0.667. The zero-order valence-corrected chi connectivity index (χ0v) is 9.29. The van der Waals surface area contributed by atoms with E-state index in [0.29, 0.717) is 11.8 Å². The van der Waals surface area contributed by atoms with Crippen LogP contribution in [0.25, 0.3) is 0 Å². The Balaban J connectivity index is 2.51. The molecule has 0 aromatic rings. The largest absolute Gasteiger partial charge is 0.402 e. The van der Waals surface area contributed by atoms with Crippen LogP contribution in [0.1, 0.15) is 33.1 Å². The van der Waals surface area contributed by atoms with Crippen LogP contribution in [-0.2, 0) is 0 Å². The Morgan fingerprint density at radius 2 is 2.07 bits per heavy atom. The number of hydrogen-bond acceptors (Lipinski definition) is 2. The topological polar surface area (TPSA) is 52.0 Å². The lowest BCUT2D eigenvalue weighted by Crippen LogP contribution is -2.41. The van der Waals surface area contributed by atoms with E-state index in [4.69, 9.17) is 11.5 Å². The van der Waals surface area contributed by atoms with E-state index in [0.717, 1.165) is 18.5 Å². The van der Waals surface area contributed by atoms with Gasteiger partial charge in [-0.25, -0.2) is 0 Å². The molecular weight excluding hydrogens is 172 g/mol. The SMILES string of the molecule is C=C(N)C[C@@H]1C=CC(C(C)(C)N)CC1. The third-order valence-corrected chi connectivity index (χ3v) is 2.94. The lowest BCUT2D eigenvalue weighted by atomic mass is 9.77. The molecule has 0 amide bonds. The van der Waals surface area contributed by atoms with E-state index in [-0.39, 0.29) is 5.54 Å². The van der Waals surface area contributed by atoms with E-state index < -0.39 is 0 Å². The number of nitrogens with two attached hydrogens (primary N) is 2. The van der Waals surface area contributed by atoms with Crippen LogP contribution >= 0.6 is 0 Å². The molecule has 4 N–H and O–H groups in total. The van der Waals surface area contributed by atoms with Gasteiger partial charge >= 0.3 is 0 Å². The number of rotatable bonds is 3. The van der Waals surface area contributed by atoms with Crippen molar-refractivity contribution in [1.82, 2.24) is 0 Å². The van der Waals surface area contributed by atoms with Crippen molar-refractivity contribution in [2.24, 2.45) is 23.3 Å². The van der Waals surface area contributed by atoms with Crippen LogP contribution in [0.3, 0.4) is 0 Å². The Morgan fingerprint density at radius 3 is 2.43 bits per heavy atom. The molecule has 0 fully saturated rings. The van der Waals surface area contributed by atoms with Gasteiger partial charge in [0.05, 0.1) is 0 Å². The predicted molar refractivity (Wildman–Crippen MR) is 61.6 cm³/mol. The molecule has 1 rings (SSSR count). The molecule has 0 bridgehead atoms. The maximum Gasteiger partial charge on any atom is 0.0160 e. The molecule has 0 radical (unpaired) electrons. The van der Waals surface area contributed by atoms with Gasteiger partial charge in [-0.2, -0.15) is 0 Å². The molecule has 0 aromatic carbocycles. The molecule has 1 aliphatic rings. The minimum atomic E-state index is -0.0960. The van der Waals surface area contributed by atoms with Gasteiger partial charge in [0.2, 0.25) is 0 Å². The van der Waals surface area contributed by atoms with Crippen molar-refractivity contribution in [2.75, 3.05) is 0 Å². The molecule has 0 heterocycles. The van der Waals surface area contributed by atoms with Gasteiger partial charge in [-0.15, -0.1) is 0 Å². The van der Waals surface area contributed by atoms with Crippen LogP contribution < -0.4 is 11.5 Å². The summed E-state index contributed by atoms with van der Waals surface area (Å²) in [4.78, 5) is 0. The second-order valence-corrected chi connectivity index (χ2v) is 5.01. The molecule has 0 saturated carbocycles. The van der Waals surface area contributed by atoms with Crippen LogP contribution in [0.4, 0.5) is 0 Å². The Morgan fingerprint density at radius 1 is 1.43 bits per heavy atom. The summed E-state index contributed by atoms with van der Waals surface area (Å²) in [6.07, 6.45) is 7.75. The normalized spacial score (nSPS) is 27.6. The first-order valence-corrected chi connectivity index (χ1v) is 5.30. The Bertz CT molecular complexity index is 235. The smallest absolute Gasteiger partial charge is 0.0160 e. The van der Waals surface area contributed by atoms with Gasteiger partial charge in [-0.3, -0.25) is 0 Å². The van der Waals surface area contributed by atoms with Gasteiger partial charge in [0.25, 0.3) is 0 Å². The number of allylic oxidation sites excluding steroid dienone is 2. The molecule has 0 spiro atoms. The summed E-state index contributed by atoms with van der Waals surface area (Å²) in [5.74, 6) is 1.08. The molecular formula is C12H22N2. The Hall–Kier alpha value is -0.760. The lowest BCUT2D eigenvalue weighted by Gasteiger charge is -2.32. The standard InChI is InChI=1S/C12H22N2/c1-9(13)8-10-4-6-11(7-5-10)12(2,3)14/h4,6,10-11H,1,5,7-8,13-14H2,2-3H3/t10-,11?/m1/s1. The maximum atomic E-state index is 6.06. The highest BCUT2D eigenvalue weighted by Crippen LogP contribution is 2.30. The van der Waals surface area contributed by atoms with Crippen molar-refractivity contribution >= 4 is 0 Å². The Labute approximate surface area is 87.0 Å². The fourth-order valence-electron chi connectivity index (χ4n) is 2.00. The Kier molecular flexibility index (Phi) is 3.38. The zero-order valence-electron chi connectivity index (χ0n) is 9.29. The molecule has 14 heavy (non-hydrogen) atoms. The first kappa shape index (κ1) is 11.3. The number of hydrogen-bond donors (Lipinski definition) is 2. The molecule has 2 atom stereocenters. The van der Waals surface area contributed by atoms with Gasteiger partial charge in [0, 0.05) is 11.2 Å². The third kappa shape index (κ3) is 3.18. The maximum absolute atomic E-state index is 6.06. The van der Waals surface area contributed by atoms with Crippen LogP contribution in [0.5, 0.6) is 0 Å². The lowest BCUT2D eigenvalue weighted by molar-refractivity contribution is 0.323. The van der Waals surface area contributed by atoms with Crippen LogP contribution in [0.2, 0.25) is 0 Å². The highest BCUT2D eigenvalue weighted by Gasteiger charge is 2.26. The van der Waals surface area contributed by atoms with Gasteiger partial charge < -0.3 is 11.5 Å². The third-order valence-electron chi connectivity index (χ3n) is 2.94. The van der Waals surface area contributed by atoms with E-state index in [1.54, 1.807) is 0 Å². The van der Waals surface area contributed by atoms with Crippen LogP contribution in [0, 0.1) is 11.8 Å².